The van der Waals surface area contributed by atoms with Gasteiger partial charge in [0.1, 0.15) is 0 Å². The van der Waals surface area contributed by atoms with E-state index in [0.29, 0.717) is 11.7 Å². The Bertz CT molecular complexity index is 348. The van der Waals surface area contributed by atoms with Crippen LogP contribution in [0.25, 0.3) is 0 Å². The van der Waals surface area contributed by atoms with Crippen molar-refractivity contribution in [1.29, 1.82) is 0 Å². The van der Waals surface area contributed by atoms with E-state index in [-0.39, 0.29) is 11.9 Å². The number of carbonyl (C=O) groups excluding carboxylic acids is 1. The van der Waals surface area contributed by atoms with E-state index in [4.69, 9.17) is 5.73 Å². The predicted molar refractivity (Wildman–Crippen MR) is 62.6 cm³/mol. The lowest BCUT2D eigenvalue weighted by Crippen LogP contribution is -2.41. The lowest BCUT2D eigenvalue weighted by atomic mass is 10.3. The Labute approximate surface area is 95.8 Å². The van der Waals surface area contributed by atoms with Crippen LogP contribution in [0.1, 0.15) is 5.69 Å². The topological polar surface area (TPSA) is 80.0 Å². The number of hydrogen-bond donors (Lipinski definition) is 3. The number of anilines is 1. The second-order valence-corrected chi connectivity index (χ2v) is 5.09. The molecule has 1 fully saturated rings. The number of amides is 1. The summed E-state index contributed by atoms with van der Waals surface area (Å²) in [7, 11) is 0. The lowest BCUT2D eigenvalue weighted by molar-refractivity contribution is -0.122. The predicted octanol–water partition coefficient (Wildman–Crippen LogP) is 0.00400. The van der Waals surface area contributed by atoms with E-state index in [0.717, 1.165) is 17.3 Å². The summed E-state index contributed by atoms with van der Waals surface area (Å²) >= 11 is 3.11. The summed E-state index contributed by atoms with van der Waals surface area (Å²) < 4.78 is 0. The molecule has 1 aromatic heterocycles. The van der Waals surface area contributed by atoms with Crippen molar-refractivity contribution >= 4 is 34.1 Å². The van der Waals surface area contributed by atoms with Crippen LogP contribution in [-0.4, -0.2) is 28.6 Å². The first-order valence-corrected chi connectivity index (χ1v) is 6.58. The zero-order valence-corrected chi connectivity index (χ0v) is 9.66. The molecule has 7 heteroatoms. The molecule has 1 saturated heterocycles. The molecule has 1 aliphatic heterocycles. The standard InChI is InChI=1S/C8H12N4OS2/c9-8-12-5(2-15-8)1-10-7(13)6-3-14-4-11-6/h2,6,11H,1,3-4H2,(H2,9,12)(H,10,13). The molecule has 82 valence electrons. The highest BCUT2D eigenvalue weighted by Crippen LogP contribution is 2.12. The van der Waals surface area contributed by atoms with E-state index in [2.05, 4.69) is 15.6 Å². The van der Waals surface area contributed by atoms with Crippen molar-refractivity contribution in [2.24, 2.45) is 0 Å². The van der Waals surface area contributed by atoms with E-state index >= 15 is 0 Å². The molecule has 0 aromatic carbocycles. The molecular weight excluding hydrogens is 232 g/mol. The molecule has 0 aliphatic carbocycles. The van der Waals surface area contributed by atoms with Gasteiger partial charge in [-0.2, -0.15) is 0 Å². The molecule has 0 radical (unpaired) electrons. The summed E-state index contributed by atoms with van der Waals surface area (Å²) in [6.45, 7) is 0.454. The van der Waals surface area contributed by atoms with E-state index in [9.17, 15) is 4.79 Å². The molecule has 1 unspecified atom stereocenters. The van der Waals surface area contributed by atoms with Crippen molar-refractivity contribution in [1.82, 2.24) is 15.6 Å². The zero-order valence-electron chi connectivity index (χ0n) is 8.03. The van der Waals surface area contributed by atoms with Gasteiger partial charge in [0.25, 0.3) is 0 Å². The van der Waals surface area contributed by atoms with Crippen LogP contribution in [0.4, 0.5) is 5.13 Å². The number of carbonyl (C=O) groups is 1. The van der Waals surface area contributed by atoms with Crippen LogP contribution < -0.4 is 16.4 Å². The zero-order chi connectivity index (χ0) is 10.7. The monoisotopic (exact) mass is 244 g/mol. The number of thiazole rings is 1. The second-order valence-electron chi connectivity index (χ2n) is 3.17. The maximum absolute atomic E-state index is 11.6. The fourth-order valence-corrected chi connectivity index (χ4v) is 2.77. The lowest BCUT2D eigenvalue weighted by Gasteiger charge is -2.08. The van der Waals surface area contributed by atoms with Crippen molar-refractivity contribution in [2.45, 2.75) is 12.6 Å². The molecule has 1 amide bonds. The molecule has 15 heavy (non-hydrogen) atoms. The van der Waals surface area contributed by atoms with Crippen LogP contribution in [0, 0.1) is 0 Å². The van der Waals surface area contributed by atoms with Crippen molar-refractivity contribution in [3.05, 3.63) is 11.1 Å². The highest BCUT2D eigenvalue weighted by atomic mass is 32.2. The van der Waals surface area contributed by atoms with Crippen LogP contribution in [-0.2, 0) is 11.3 Å². The molecular formula is C8H12N4OS2. The number of rotatable bonds is 3. The average Bonchev–Trinajstić information content (AvgIpc) is 2.84. The van der Waals surface area contributed by atoms with Crippen molar-refractivity contribution in [3.63, 3.8) is 0 Å². The Hall–Kier alpha value is -0.790. The highest BCUT2D eigenvalue weighted by Gasteiger charge is 2.21. The van der Waals surface area contributed by atoms with Gasteiger partial charge in [0, 0.05) is 17.0 Å². The molecule has 5 nitrogen and oxygen atoms in total. The second kappa shape index (κ2) is 4.82. The van der Waals surface area contributed by atoms with Gasteiger partial charge in [-0.1, -0.05) is 0 Å². The molecule has 1 atom stereocenters. The van der Waals surface area contributed by atoms with Gasteiger partial charge >= 0.3 is 0 Å². The number of nitrogens with zero attached hydrogens (tertiary/aromatic N) is 1. The van der Waals surface area contributed by atoms with Gasteiger partial charge in [-0.05, 0) is 0 Å². The quantitative estimate of drug-likeness (QED) is 0.697. The number of nitrogens with one attached hydrogen (secondary N) is 2. The Morgan fingerprint density at radius 1 is 1.80 bits per heavy atom. The van der Waals surface area contributed by atoms with Gasteiger partial charge in [-0.25, -0.2) is 4.98 Å². The molecule has 0 spiro atoms. The van der Waals surface area contributed by atoms with Gasteiger partial charge < -0.3 is 11.1 Å². The number of thioether (sulfide) groups is 1. The number of aromatic nitrogens is 1. The number of nitrogen functional groups attached to an aromatic ring is 1. The first-order valence-electron chi connectivity index (χ1n) is 4.54. The third-order valence-electron chi connectivity index (χ3n) is 2.05. The minimum atomic E-state index is -0.0639. The summed E-state index contributed by atoms with van der Waals surface area (Å²) in [6, 6.07) is -0.0639. The molecule has 2 rings (SSSR count). The van der Waals surface area contributed by atoms with Gasteiger partial charge in [0.2, 0.25) is 5.91 Å². The van der Waals surface area contributed by atoms with Gasteiger partial charge in [-0.15, -0.1) is 23.1 Å². The largest absolute Gasteiger partial charge is 0.375 e. The Morgan fingerprint density at radius 2 is 2.67 bits per heavy atom. The van der Waals surface area contributed by atoms with Crippen molar-refractivity contribution in [2.75, 3.05) is 17.4 Å². The minimum Gasteiger partial charge on any atom is -0.375 e. The van der Waals surface area contributed by atoms with E-state index < -0.39 is 0 Å². The fraction of sp³-hybridized carbons (Fsp3) is 0.500. The van der Waals surface area contributed by atoms with Gasteiger partial charge in [0.15, 0.2) is 5.13 Å². The molecule has 2 heterocycles. The van der Waals surface area contributed by atoms with Crippen molar-refractivity contribution in [3.8, 4) is 0 Å². The smallest absolute Gasteiger partial charge is 0.238 e. The highest BCUT2D eigenvalue weighted by molar-refractivity contribution is 7.99. The average molecular weight is 244 g/mol. The van der Waals surface area contributed by atoms with Gasteiger partial charge in [-0.3, -0.25) is 10.1 Å². The van der Waals surface area contributed by atoms with E-state index in [1.165, 1.54) is 11.3 Å². The Kier molecular flexibility index (Phi) is 3.45. The Balaban J connectivity index is 1.80. The summed E-state index contributed by atoms with van der Waals surface area (Å²) in [4.78, 5) is 15.6. The third kappa shape index (κ3) is 2.83. The first kappa shape index (κ1) is 10.7. The molecule has 1 aliphatic rings. The van der Waals surface area contributed by atoms with Crippen LogP contribution in [0.3, 0.4) is 0 Å². The normalized spacial score (nSPS) is 20.4. The summed E-state index contributed by atoms with van der Waals surface area (Å²) in [5.74, 6) is 1.72. The SMILES string of the molecule is Nc1nc(CNC(=O)C2CSCN2)cs1. The van der Waals surface area contributed by atoms with Gasteiger partial charge in [0.05, 0.1) is 18.3 Å². The van der Waals surface area contributed by atoms with E-state index in [1.54, 1.807) is 11.8 Å². The molecule has 1 aromatic rings. The number of nitrogens with two attached hydrogens (primary N) is 1. The fourth-order valence-electron chi connectivity index (χ4n) is 1.27. The van der Waals surface area contributed by atoms with E-state index in [1.807, 2.05) is 5.38 Å². The minimum absolute atomic E-state index is 0.0339. The van der Waals surface area contributed by atoms with Crippen LogP contribution in [0.15, 0.2) is 5.38 Å². The molecule has 4 N–H and O–H groups in total. The summed E-state index contributed by atoms with van der Waals surface area (Å²) in [5, 5.41) is 8.32. The van der Waals surface area contributed by atoms with Crippen LogP contribution in [0.5, 0.6) is 0 Å². The maximum atomic E-state index is 11.6. The van der Waals surface area contributed by atoms with Crippen molar-refractivity contribution < 1.29 is 4.79 Å². The third-order valence-corrected chi connectivity index (χ3v) is 3.71. The Morgan fingerprint density at radius 3 is 3.27 bits per heavy atom. The molecule has 0 bridgehead atoms. The first-order chi connectivity index (χ1) is 7.25. The number of hydrogen-bond acceptors (Lipinski definition) is 6. The van der Waals surface area contributed by atoms with Crippen LogP contribution in [0.2, 0.25) is 0 Å². The summed E-state index contributed by atoms with van der Waals surface area (Å²) in [6.07, 6.45) is 0. The summed E-state index contributed by atoms with van der Waals surface area (Å²) in [5.41, 5.74) is 6.30. The maximum Gasteiger partial charge on any atom is 0.238 e. The molecule has 0 saturated carbocycles. The van der Waals surface area contributed by atoms with Crippen LogP contribution >= 0.6 is 23.1 Å².